The van der Waals surface area contributed by atoms with Crippen LogP contribution in [0.3, 0.4) is 0 Å². The highest BCUT2D eigenvalue weighted by Gasteiger charge is 2.13. The molecular weight excluding hydrogens is 236 g/mol. The largest absolute Gasteiger partial charge is 0.479 e. The first kappa shape index (κ1) is 13.5. The van der Waals surface area contributed by atoms with E-state index in [-0.39, 0.29) is 6.54 Å². The quantitative estimate of drug-likeness (QED) is 0.573. The molecule has 94 valence electrons. The van der Waals surface area contributed by atoms with Gasteiger partial charge in [0.25, 0.3) is 0 Å². The Balaban J connectivity index is 2.50. The fourth-order valence-electron chi connectivity index (χ4n) is 1.14. The molecule has 6 heteroatoms. The molecule has 2 amide bonds. The van der Waals surface area contributed by atoms with Gasteiger partial charge in [-0.15, -0.1) is 6.42 Å². The number of aliphatic carboxylic acids is 1. The first-order valence-corrected chi connectivity index (χ1v) is 5.05. The van der Waals surface area contributed by atoms with E-state index in [0.29, 0.717) is 11.3 Å². The van der Waals surface area contributed by atoms with Crippen molar-refractivity contribution in [2.45, 2.75) is 6.10 Å². The summed E-state index contributed by atoms with van der Waals surface area (Å²) >= 11 is 0. The predicted octanol–water partition coefficient (Wildman–Crippen LogP) is 0.235. The summed E-state index contributed by atoms with van der Waals surface area (Å²) in [6.07, 6.45) is 3.57. The van der Waals surface area contributed by atoms with Gasteiger partial charge in [0.2, 0.25) is 0 Å². The van der Waals surface area contributed by atoms with E-state index in [1.54, 1.807) is 24.3 Å². The number of urea groups is 1. The molecule has 0 saturated heterocycles. The molecule has 1 aromatic rings. The molecule has 1 atom stereocenters. The van der Waals surface area contributed by atoms with Crippen molar-refractivity contribution < 1.29 is 19.8 Å². The molecule has 1 aromatic carbocycles. The lowest BCUT2D eigenvalue weighted by atomic mass is 10.2. The number of hydrogen-bond donors (Lipinski definition) is 4. The molecule has 0 bridgehead atoms. The van der Waals surface area contributed by atoms with Crippen LogP contribution in [-0.2, 0) is 4.79 Å². The zero-order valence-electron chi connectivity index (χ0n) is 9.38. The SMILES string of the molecule is C#Cc1cccc(NC(=O)NCC(O)C(=O)O)c1. The van der Waals surface area contributed by atoms with Gasteiger partial charge in [0.05, 0.1) is 6.54 Å². The first-order valence-electron chi connectivity index (χ1n) is 5.05. The highest BCUT2D eigenvalue weighted by Crippen LogP contribution is 2.09. The van der Waals surface area contributed by atoms with Gasteiger partial charge in [-0.25, -0.2) is 9.59 Å². The number of anilines is 1. The van der Waals surface area contributed by atoms with Crippen LogP contribution in [0.15, 0.2) is 24.3 Å². The van der Waals surface area contributed by atoms with E-state index < -0.39 is 18.1 Å². The van der Waals surface area contributed by atoms with E-state index in [2.05, 4.69) is 16.6 Å². The molecular formula is C12H12N2O4. The van der Waals surface area contributed by atoms with Crippen molar-refractivity contribution in [1.29, 1.82) is 0 Å². The predicted molar refractivity (Wildman–Crippen MR) is 65.0 cm³/mol. The smallest absolute Gasteiger partial charge is 0.334 e. The second-order valence-corrected chi connectivity index (χ2v) is 3.41. The van der Waals surface area contributed by atoms with Crippen LogP contribution in [0.25, 0.3) is 0 Å². The molecule has 0 aliphatic heterocycles. The van der Waals surface area contributed by atoms with Crippen LogP contribution < -0.4 is 10.6 Å². The van der Waals surface area contributed by atoms with Crippen molar-refractivity contribution in [3.8, 4) is 12.3 Å². The fourth-order valence-corrected chi connectivity index (χ4v) is 1.14. The highest BCUT2D eigenvalue weighted by molar-refractivity contribution is 5.89. The van der Waals surface area contributed by atoms with Gasteiger partial charge in [0.1, 0.15) is 0 Å². The number of nitrogens with one attached hydrogen (secondary N) is 2. The molecule has 6 nitrogen and oxygen atoms in total. The maximum Gasteiger partial charge on any atom is 0.334 e. The number of aliphatic hydroxyl groups is 1. The van der Waals surface area contributed by atoms with E-state index in [0.717, 1.165) is 0 Å². The molecule has 0 aromatic heterocycles. The third-order valence-corrected chi connectivity index (χ3v) is 2.03. The summed E-state index contributed by atoms with van der Waals surface area (Å²) in [4.78, 5) is 21.7. The van der Waals surface area contributed by atoms with Crippen molar-refractivity contribution in [3.05, 3.63) is 29.8 Å². The van der Waals surface area contributed by atoms with Crippen LogP contribution in [0, 0.1) is 12.3 Å². The van der Waals surface area contributed by atoms with E-state index in [1.807, 2.05) is 0 Å². The number of benzene rings is 1. The highest BCUT2D eigenvalue weighted by atomic mass is 16.4. The minimum absolute atomic E-state index is 0.379. The Morgan fingerprint density at radius 1 is 1.44 bits per heavy atom. The van der Waals surface area contributed by atoms with Gasteiger partial charge in [-0.3, -0.25) is 0 Å². The van der Waals surface area contributed by atoms with Crippen LogP contribution in [0.1, 0.15) is 5.56 Å². The Morgan fingerprint density at radius 3 is 2.78 bits per heavy atom. The number of carboxylic acids is 1. The number of carbonyl (C=O) groups is 2. The number of aliphatic hydroxyl groups excluding tert-OH is 1. The number of carboxylic acid groups (broad SMARTS) is 1. The molecule has 0 heterocycles. The number of amides is 2. The van der Waals surface area contributed by atoms with Crippen molar-refractivity contribution in [2.24, 2.45) is 0 Å². The summed E-state index contributed by atoms with van der Waals surface area (Å²) in [6, 6.07) is 5.99. The lowest BCUT2D eigenvalue weighted by molar-refractivity contribution is -0.146. The van der Waals surface area contributed by atoms with Gasteiger partial charge in [-0.2, -0.15) is 0 Å². The van der Waals surface area contributed by atoms with E-state index in [9.17, 15) is 9.59 Å². The van der Waals surface area contributed by atoms with Crippen molar-refractivity contribution in [3.63, 3.8) is 0 Å². The zero-order valence-corrected chi connectivity index (χ0v) is 9.38. The molecule has 0 aliphatic rings. The van der Waals surface area contributed by atoms with Crippen molar-refractivity contribution >= 4 is 17.7 Å². The summed E-state index contributed by atoms with van der Waals surface area (Å²) in [5.74, 6) is 1.02. The molecule has 1 unspecified atom stereocenters. The molecule has 0 saturated carbocycles. The number of rotatable bonds is 4. The van der Waals surface area contributed by atoms with Crippen molar-refractivity contribution in [1.82, 2.24) is 5.32 Å². The summed E-state index contributed by atoms with van der Waals surface area (Å²) in [5.41, 5.74) is 1.09. The Bertz CT molecular complexity index is 493. The fraction of sp³-hybridized carbons (Fsp3) is 0.167. The van der Waals surface area contributed by atoms with Crippen molar-refractivity contribution in [2.75, 3.05) is 11.9 Å². The molecule has 0 aliphatic carbocycles. The number of carbonyl (C=O) groups excluding carboxylic acids is 1. The summed E-state index contributed by atoms with van der Waals surface area (Å²) in [7, 11) is 0. The standard InChI is InChI=1S/C12H12N2O4/c1-2-8-4-3-5-9(6-8)14-12(18)13-7-10(15)11(16)17/h1,3-6,10,15H,7H2,(H,16,17)(H2,13,14,18). The van der Waals surface area contributed by atoms with Gasteiger partial charge in [-0.05, 0) is 18.2 Å². The van der Waals surface area contributed by atoms with Gasteiger partial charge in [-0.1, -0.05) is 12.0 Å². The Hall–Kier alpha value is -2.52. The molecule has 0 radical (unpaired) electrons. The lowest BCUT2D eigenvalue weighted by Gasteiger charge is -2.09. The normalized spacial score (nSPS) is 11.1. The molecule has 0 spiro atoms. The number of terminal acetylenes is 1. The van der Waals surface area contributed by atoms with Crippen LogP contribution >= 0.6 is 0 Å². The summed E-state index contributed by atoms with van der Waals surface area (Å²) in [5, 5.41) is 22.0. The minimum atomic E-state index is -1.63. The van der Waals surface area contributed by atoms with Gasteiger partial charge >= 0.3 is 12.0 Å². The first-order chi connectivity index (χ1) is 8.52. The topological polar surface area (TPSA) is 98.7 Å². The average molecular weight is 248 g/mol. The molecule has 1 rings (SSSR count). The molecule has 0 fully saturated rings. The monoisotopic (exact) mass is 248 g/mol. The van der Waals surface area contributed by atoms with E-state index >= 15 is 0 Å². The molecule has 18 heavy (non-hydrogen) atoms. The Kier molecular flexibility index (Phi) is 4.72. The second kappa shape index (κ2) is 6.27. The van der Waals surface area contributed by atoms with E-state index in [1.165, 1.54) is 0 Å². The molecule has 4 N–H and O–H groups in total. The minimum Gasteiger partial charge on any atom is -0.479 e. The third-order valence-electron chi connectivity index (χ3n) is 2.03. The third kappa shape index (κ3) is 4.15. The average Bonchev–Trinajstić information content (AvgIpc) is 2.36. The summed E-state index contributed by atoms with van der Waals surface area (Å²) in [6.45, 7) is -0.379. The van der Waals surface area contributed by atoms with Gasteiger partial charge in [0, 0.05) is 11.3 Å². The van der Waals surface area contributed by atoms with E-state index in [4.69, 9.17) is 16.6 Å². The Labute approximate surface area is 104 Å². The maximum atomic E-state index is 11.4. The van der Waals surface area contributed by atoms with Crippen LogP contribution in [0.2, 0.25) is 0 Å². The lowest BCUT2D eigenvalue weighted by Crippen LogP contribution is -2.38. The van der Waals surface area contributed by atoms with Crippen LogP contribution in [-0.4, -0.2) is 34.9 Å². The second-order valence-electron chi connectivity index (χ2n) is 3.41. The van der Waals surface area contributed by atoms with Gasteiger partial charge < -0.3 is 20.8 Å². The zero-order chi connectivity index (χ0) is 13.5. The summed E-state index contributed by atoms with van der Waals surface area (Å²) < 4.78 is 0. The maximum absolute atomic E-state index is 11.4. The Morgan fingerprint density at radius 2 is 2.17 bits per heavy atom. The van der Waals surface area contributed by atoms with Gasteiger partial charge in [0.15, 0.2) is 6.10 Å². The van der Waals surface area contributed by atoms with Crippen LogP contribution in [0.5, 0.6) is 0 Å². The van der Waals surface area contributed by atoms with Crippen LogP contribution in [0.4, 0.5) is 10.5 Å². The number of hydrogen-bond acceptors (Lipinski definition) is 3.